The van der Waals surface area contributed by atoms with E-state index in [4.69, 9.17) is 4.74 Å². The van der Waals surface area contributed by atoms with Gasteiger partial charge in [0.1, 0.15) is 17.9 Å². The standard InChI is InChI=1S/C18H23BrN2O3/c1-2-13-6-8-18(9-7-13)16(22)21(17(23)20-18)10-11-24-15-5-3-4-14(19)12-15/h3-5,12-13H,2,6-11H2,1H3,(H,20,23). The fourth-order valence-corrected chi connectivity index (χ4v) is 3.99. The van der Waals surface area contributed by atoms with Gasteiger partial charge in [0.05, 0.1) is 6.54 Å². The first-order valence-corrected chi connectivity index (χ1v) is 9.36. The van der Waals surface area contributed by atoms with Crippen LogP contribution in [0.3, 0.4) is 0 Å². The lowest BCUT2D eigenvalue weighted by Crippen LogP contribution is -2.49. The number of imide groups is 1. The summed E-state index contributed by atoms with van der Waals surface area (Å²) in [6.45, 7) is 2.75. The van der Waals surface area contributed by atoms with Crippen LogP contribution in [0, 0.1) is 5.92 Å². The van der Waals surface area contributed by atoms with Crippen LogP contribution in [-0.4, -0.2) is 35.5 Å². The number of amides is 3. The molecule has 1 aromatic carbocycles. The molecule has 1 saturated carbocycles. The molecule has 0 atom stereocenters. The summed E-state index contributed by atoms with van der Waals surface area (Å²) in [5, 5.41) is 2.95. The van der Waals surface area contributed by atoms with E-state index in [0.29, 0.717) is 12.5 Å². The average molecular weight is 395 g/mol. The second kappa shape index (κ2) is 7.13. The first kappa shape index (κ1) is 17.3. The second-order valence-corrected chi connectivity index (χ2v) is 7.54. The van der Waals surface area contributed by atoms with E-state index < -0.39 is 5.54 Å². The molecule has 0 unspecified atom stereocenters. The van der Waals surface area contributed by atoms with Gasteiger partial charge in [-0.25, -0.2) is 4.79 Å². The zero-order valence-corrected chi connectivity index (χ0v) is 15.5. The molecule has 1 aliphatic carbocycles. The molecule has 1 aliphatic heterocycles. The Bertz CT molecular complexity index is 626. The number of halogens is 1. The topological polar surface area (TPSA) is 58.6 Å². The molecule has 0 aromatic heterocycles. The van der Waals surface area contributed by atoms with Crippen molar-refractivity contribution in [2.75, 3.05) is 13.2 Å². The molecule has 1 saturated heterocycles. The highest BCUT2D eigenvalue weighted by atomic mass is 79.9. The number of urea groups is 1. The van der Waals surface area contributed by atoms with Crippen LogP contribution in [0.4, 0.5) is 4.79 Å². The zero-order valence-electron chi connectivity index (χ0n) is 13.9. The monoisotopic (exact) mass is 394 g/mol. The third-order valence-electron chi connectivity index (χ3n) is 5.16. The summed E-state index contributed by atoms with van der Waals surface area (Å²) < 4.78 is 6.58. The van der Waals surface area contributed by atoms with Gasteiger partial charge in [-0.3, -0.25) is 9.69 Å². The number of hydrogen-bond acceptors (Lipinski definition) is 3. The molecule has 3 amide bonds. The SMILES string of the molecule is CCC1CCC2(CC1)NC(=O)N(CCOc1cccc(Br)c1)C2=O. The minimum atomic E-state index is -0.668. The summed E-state index contributed by atoms with van der Waals surface area (Å²) in [4.78, 5) is 26.3. The van der Waals surface area contributed by atoms with Crippen LogP contribution in [0.25, 0.3) is 0 Å². The Morgan fingerprint density at radius 3 is 2.75 bits per heavy atom. The van der Waals surface area contributed by atoms with E-state index in [0.717, 1.165) is 42.3 Å². The maximum Gasteiger partial charge on any atom is 0.325 e. The predicted molar refractivity (Wildman–Crippen MR) is 94.9 cm³/mol. The minimum Gasteiger partial charge on any atom is -0.492 e. The Labute approximate surface area is 150 Å². The van der Waals surface area contributed by atoms with Gasteiger partial charge in [-0.05, 0) is 49.8 Å². The number of benzene rings is 1. The quantitative estimate of drug-likeness (QED) is 0.774. The van der Waals surface area contributed by atoms with E-state index >= 15 is 0 Å². The largest absolute Gasteiger partial charge is 0.492 e. The smallest absolute Gasteiger partial charge is 0.325 e. The number of hydrogen-bond donors (Lipinski definition) is 1. The van der Waals surface area contributed by atoms with E-state index in [1.165, 1.54) is 4.90 Å². The van der Waals surface area contributed by atoms with Crippen molar-refractivity contribution < 1.29 is 14.3 Å². The zero-order chi connectivity index (χ0) is 17.2. The van der Waals surface area contributed by atoms with E-state index in [1.807, 2.05) is 24.3 Å². The van der Waals surface area contributed by atoms with Crippen LogP contribution in [0.1, 0.15) is 39.0 Å². The molecule has 5 nitrogen and oxygen atoms in total. The Kier molecular flexibility index (Phi) is 5.13. The maximum atomic E-state index is 12.8. The minimum absolute atomic E-state index is 0.0834. The van der Waals surface area contributed by atoms with Crippen molar-refractivity contribution in [3.8, 4) is 5.75 Å². The van der Waals surface area contributed by atoms with Crippen molar-refractivity contribution in [3.05, 3.63) is 28.7 Å². The van der Waals surface area contributed by atoms with Crippen molar-refractivity contribution in [2.24, 2.45) is 5.92 Å². The lowest BCUT2D eigenvalue weighted by Gasteiger charge is -2.34. The van der Waals surface area contributed by atoms with Crippen molar-refractivity contribution in [2.45, 2.75) is 44.6 Å². The molecule has 24 heavy (non-hydrogen) atoms. The maximum absolute atomic E-state index is 12.8. The van der Waals surface area contributed by atoms with Gasteiger partial charge in [0.25, 0.3) is 5.91 Å². The average Bonchev–Trinajstić information content (AvgIpc) is 2.80. The van der Waals surface area contributed by atoms with Crippen molar-refractivity contribution in [1.29, 1.82) is 0 Å². The molecule has 3 rings (SSSR count). The Balaban J connectivity index is 1.57. The molecule has 1 aromatic rings. The highest BCUT2D eigenvalue weighted by Crippen LogP contribution is 2.37. The summed E-state index contributed by atoms with van der Waals surface area (Å²) in [6.07, 6.45) is 4.65. The fraction of sp³-hybridized carbons (Fsp3) is 0.556. The number of rotatable bonds is 5. The van der Waals surface area contributed by atoms with E-state index in [2.05, 4.69) is 28.2 Å². The van der Waals surface area contributed by atoms with Gasteiger partial charge in [-0.2, -0.15) is 0 Å². The first-order chi connectivity index (χ1) is 11.5. The third-order valence-corrected chi connectivity index (χ3v) is 5.65. The van der Waals surface area contributed by atoms with Gasteiger partial charge in [0.15, 0.2) is 0 Å². The van der Waals surface area contributed by atoms with Crippen molar-refractivity contribution in [1.82, 2.24) is 10.2 Å². The van der Waals surface area contributed by atoms with Crippen LogP contribution in [0.15, 0.2) is 28.7 Å². The lowest BCUT2D eigenvalue weighted by atomic mass is 9.75. The molecule has 1 spiro atoms. The fourth-order valence-electron chi connectivity index (χ4n) is 3.61. The summed E-state index contributed by atoms with van der Waals surface area (Å²) in [7, 11) is 0. The number of carbonyl (C=O) groups excluding carboxylic acids is 2. The molecule has 6 heteroatoms. The van der Waals surface area contributed by atoms with Gasteiger partial charge < -0.3 is 10.1 Å². The molecular weight excluding hydrogens is 372 g/mol. The van der Waals surface area contributed by atoms with Crippen molar-refractivity contribution >= 4 is 27.9 Å². The Morgan fingerprint density at radius 2 is 2.08 bits per heavy atom. The highest BCUT2D eigenvalue weighted by Gasteiger charge is 2.52. The molecule has 0 bridgehead atoms. The lowest BCUT2D eigenvalue weighted by molar-refractivity contribution is -0.133. The van der Waals surface area contributed by atoms with Crippen LogP contribution < -0.4 is 10.1 Å². The van der Waals surface area contributed by atoms with E-state index in [1.54, 1.807) is 0 Å². The highest BCUT2D eigenvalue weighted by molar-refractivity contribution is 9.10. The normalized spacial score (nSPS) is 26.8. The molecule has 2 fully saturated rings. The Morgan fingerprint density at radius 1 is 1.33 bits per heavy atom. The van der Waals surface area contributed by atoms with E-state index in [9.17, 15) is 9.59 Å². The molecule has 2 aliphatic rings. The molecule has 1 N–H and O–H groups in total. The molecule has 0 radical (unpaired) electrons. The molecular formula is C18H23BrN2O3. The molecule has 1 heterocycles. The number of nitrogens with one attached hydrogen (secondary N) is 1. The van der Waals surface area contributed by atoms with Crippen LogP contribution in [0.5, 0.6) is 5.75 Å². The number of nitrogens with zero attached hydrogens (tertiary/aromatic N) is 1. The van der Waals surface area contributed by atoms with Gasteiger partial charge >= 0.3 is 6.03 Å². The Hall–Kier alpha value is -1.56. The van der Waals surface area contributed by atoms with Crippen LogP contribution in [0.2, 0.25) is 0 Å². The number of ether oxygens (including phenoxy) is 1. The predicted octanol–water partition coefficient (Wildman–Crippen LogP) is 3.72. The van der Waals surface area contributed by atoms with Gasteiger partial charge in [0.2, 0.25) is 0 Å². The summed E-state index contributed by atoms with van der Waals surface area (Å²) in [6, 6.07) is 7.23. The second-order valence-electron chi connectivity index (χ2n) is 6.63. The molecule has 130 valence electrons. The number of carbonyl (C=O) groups is 2. The third kappa shape index (κ3) is 3.43. The summed E-state index contributed by atoms with van der Waals surface area (Å²) >= 11 is 3.39. The van der Waals surface area contributed by atoms with Gasteiger partial charge in [0, 0.05) is 4.47 Å². The van der Waals surface area contributed by atoms with E-state index in [-0.39, 0.29) is 18.5 Å². The van der Waals surface area contributed by atoms with Crippen LogP contribution in [-0.2, 0) is 4.79 Å². The first-order valence-electron chi connectivity index (χ1n) is 8.56. The summed E-state index contributed by atoms with van der Waals surface area (Å²) in [5.74, 6) is 1.31. The van der Waals surface area contributed by atoms with Gasteiger partial charge in [-0.15, -0.1) is 0 Å². The van der Waals surface area contributed by atoms with Crippen molar-refractivity contribution in [3.63, 3.8) is 0 Å². The van der Waals surface area contributed by atoms with Crippen LogP contribution >= 0.6 is 15.9 Å². The summed E-state index contributed by atoms with van der Waals surface area (Å²) in [5.41, 5.74) is -0.668. The van der Waals surface area contributed by atoms with Gasteiger partial charge in [-0.1, -0.05) is 35.3 Å².